The first kappa shape index (κ1) is 16.2. The summed E-state index contributed by atoms with van der Waals surface area (Å²) in [7, 11) is 3.52. The van der Waals surface area contributed by atoms with Gasteiger partial charge in [-0.15, -0.1) is 0 Å². The summed E-state index contributed by atoms with van der Waals surface area (Å²) in [4.78, 5) is 0. The predicted octanol–water partition coefficient (Wildman–Crippen LogP) is 3.04. The monoisotopic (exact) mass is 352 g/mol. The fourth-order valence-electron chi connectivity index (χ4n) is 2.50. The molecule has 4 nitrogen and oxygen atoms in total. The van der Waals surface area contributed by atoms with Crippen molar-refractivity contribution in [1.29, 1.82) is 0 Å². The van der Waals surface area contributed by atoms with E-state index in [0.29, 0.717) is 6.42 Å². The smallest absolute Gasteiger partial charge is 0.108 e. The zero-order valence-electron chi connectivity index (χ0n) is 12.6. The van der Waals surface area contributed by atoms with E-state index in [1.165, 1.54) is 0 Å². The molecular weight excluding hydrogens is 332 g/mol. The van der Waals surface area contributed by atoms with Crippen LogP contribution in [0.5, 0.6) is 0 Å². The third-order valence-corrected chi connectivity index (χ3v) is 4.55. The first-order chi connectivity index (χ1) is 10.1. The van der Waals surface area contributed by atoms with Crippen LogP contribution in [0.3, 0.4) is 0 Å². The lowest BCUT2D eigenvalue weighted by molar-refractivity contribution is -0.0137. The molecule has 0 bridgehead atoms. The molecule has 114 valence electrons. The molecule has 2 atom stereocenters. The molecule has 0 spiro atoms. The normalized spacial score (nSPS) is 14.1. The molecule has 1 heterocycles. The number of hydrogen-bond acceptors (Lipinski definition) is 3. The number of aryl methyl sites for hydroxylation is 2. The van der Waals surface area contributed by atoms with E-state index in [-0.39, 0.29) is 6.10 Å². The van der Waals surface area contributed by atoms with Gasteiger partial charge in [0, 0.05) is 20.6 Å². The molecule has 21 heavy (non-hydrogen) atoms. The number of ether oxygens (including phenoxy) is 1. The Bertz CT molecular complexity index is 583. The first-order valence-corrected chi connectivity index (χ1v) is 7.83. The molecule has 0 amide bonds. The van der Waals surface area contributed by atoms with Gasteiger partial charge in [-0.2, -0.15) is 5.10 Å². The van der Waals surface area contributed by atoms with Crippen LogP contribution in [0.1, 0.15) is 30.0 Å². The number of methoxy groups -OCH3 is 1. The van der Waals surface area contributed by atoms with Crippen molar-refractivity contribution in [2.45, 2.75) is 32.0 Å². The summed E-state index contributed by atoms with van der Waals surface area (Å²) < 4.78 is 8.29. The van der Waals surface area contributed by atoms with Crippen LogP contribution in [0.15, 0.2) is 34.8 Å². The summed E-state index contributed by atoms with van der Waals surface area (Å²) in [6, 6.07) is 9.78. The molecule has 0 aliphatic carbocycles. The van der Waals surface area contributed by atoms with Gasteiger partial charge in [0.25, 0.3) is 0 Å². The molecule has 0 saturated heterocycles. The van der Waals surface area contributed by atoms with Gasteiger partial charge in [-0.3, -0.25) is 4.68 Å². The van der Waals surface area contributed by atoms with E-state index in [1.54, 1.807) is 7.11 Å². The largest absolute Gasteiger partial charge is 0.390 e. The fourth-order valence-corrected chi connectivity index (χ4v) is 3.28. The lowest BCUT2D eigenvalue weighted by Gasteiger charge is -2.22. The van der Waals surface area contributed by atoms with E-state index < -0.39 is 6.10 Å². The first-order valence-electron chi connectivity index (χ1n) is 7.04. The highest BCUT2D eigenvalue weighted by molar-refractivity contribution is 9.10. The Morgan fingerprint density at radius 2 is 2.00 bits per heavy atom. The number of aromatic nitrogens is 2. The van der Waals surface area contributed by atoms with Crippen molar-refractivity contribution >= 4 is 15.9 Å². The predicted molar refractivity (Wildman–Crippen MR) is 86.2 cm³/mol. The quantitative estimate of drug-likeness (QED) is 0.868. The van der Waals surface area contributed by atoms with Gasteiger partial charge in [-0.25, -0.2) is 0 Å². The summed E-state index contributed by atoms with van der Waals surface area (Å²) in [5.41, 5.74) is 2.97. The van der Waals surface area contributed by atoms with Gasteiger partial charge in [0.1, 0.15) is 6.10 Å². The number of nitrogens with zero attached hydrogens (tertiary/aromatic N) is 2. The average molecular weight is 353 g/mol. The molecule has 0 aliphatic heterocycles. The second kappa shape index (κ2) is 7.20. The van der Waals surface area contributed by atoms with Crippen LogP contribution >= 0.6 is 15.9 Å². The molecule has 1 aromatic heterocycles. The molecule has 1 N–H and O–H groups in total. The van der Waals surface area contributed by atoms with Gasteiger partial charge in [0.2, 0.25) is 0 Å². The van der Waals surface area contributed by atoms with Crippen LogP contribution in [-0.2, 0) is 24.6 Å². The van der Waals surface area contributed by atoms with Gasteiger partial charge >= 0.3 is 0 Å². The van der Waals surface area contributed by atoms with Crippen LogP contribution in [-0.4, -0.2) is 28.1 Å². The molecule has 5 heteroatoms. The molecular formula is C16H21BrN2O2. The highest BCUT2D eigenvalue weighted by Gasteiger charge is 2.24. The van der Waals surface area contributed by atoms with E-state index in [0.717, 1.165) is 27.8 Å². The SMILES string of the molecule is CCc1nn(C)c(CC(O)C(OC)c2ccccc2)c1Br. The van der Waals surface area contributed by atoms with Crippen molar-refractivity contribution in [2.24, 2.45) is 7.05 Å². The highest BCUT2D eigenvalue weighted by Crippen LogP contribution is 2.27. The van der Waals surface area contributed by atoms with Crippen molar-refractivity contribution in [3.05, 3.63) is 51.8 Å². The summed E-state index contributed by atoms with van der Waals surface area (Å²) in [5.74, 6) is 0. The Hall–Kier alpha value is -1.17. The van der Waals surface area contributed by atoms with Crippen LogP contribution in [0.2, 0.25) is 0 Å². The van der Waals surface area contributed by atoms with Crippen LogP contribution < -0.4 is 0 Å². The molecule has 2 rings (SSSR count). The van der Waals surface area contributed by atoms with Crippen molar-refractivity contribution in [1.82, 2.24) is 9.78 Å². The van der Waals surface area contributed by atoms with E-state index in [9.17, 15) is 5.11 Å². The Morgan fingerprint density at radius 3 is 2.52 bits per heavy atom. The van der Waals surface area contributed by atoms with Crippen LogP contribution in [0.4, 0.5) is 0 Å². The number of hydrogen-bond donors (Lipinski definition) is 1. The number of benzene rings is 1. The van der Waals surface area contributed by atoms with Gasteiger partial charge < -0.3 is 9.84 Å². The Morgan fingerprint density at radius 1 is 1.33 bits per heavy atom. The Balaban J connectivity index is 2.20. The Labute approximate surface area is 133 Å². The third-order valence-electron chi connectivity index (χ3n) is 3.64. The Kier molecular flexibility index (Phi) is 5.56. The zero-order valence-corrected chi connectivity index (χ0v) is 14.2. The van der Waals surface area contributed by atoms with Crippen molar-refractivity contribution in [3.63, 3.8) is 0 Å². The second-order valence-corrected chi connectivity index (χ2v) is 5.82. The van der Waals surface area contributed by atoms with Gasteiger partial charge in [-0.05, 0) is 27.9 Å². The highest BCUT2D eigenvalue weighted by atomic mass is 79.9. The summed E-state index contributed by atoms with van der Waals surface area (Å²) in [5, 5.41) is 15.0. The minimum absolute atomic E-state index is 0.349. The van der Waals surface area contributed by atoms with Gasteiger partial charge in [0.15, 0.2) is 0 Å². The molecule has 0 aliphatic rings. The molecule has 0 fully saturated rings. The lowest BCUT2D eigenvalue weighted by Crippen LogP contribution is -2.24. The summed E-state index contributed by atoms with van der Waals surface area (Å²) in [6.45, 7) is 2.06. The number of rotatable bonds is 6. The van der Waals surface area contributed by atoms with E-state index in [1.807, 2.05) is 42.1 Å². The molecule has 2 unspecified atom stereocenters. The van der Waals surface area contributed by atoms with Crippen LogP contribution in [0, 0.1) is 0 Å². The van der Waals surface area contributed by atoms with Crippen molar-refractivity contribution in [2.75, 3.05) is 7.11 Å². The van der Waals surface area contributed by atoms with Crippen molar-refractivity contribution in [3.8, 4) is 0 Å². The van der Waals surface area contributed by atoms with E-state index in [2.05, 4.69) is 28.0 Å². The minimum atomic E-state index is -0.631. The standard InChI is InChI=1S/C16H21BrN2O2/c1-4-12-15(17)13(19(2)18-12)10-14(20)16(21-3)11-8-6-5-7-9-11/h5-9,14,16,20H,4,10H2,1-3H3. The minimum Gasteiger partial charge on any atom is -0.390 e. The average Bonchev–Trinajstić information content (AvgIpc) is 2.76. The third kappa shape index (κ3) is 3.54. The maximum absolute atomic E-state index is 10.6. The topological polar surface area (TPSA) is 47.3 Å². The number of aliphatic hydroxyl groups excluding tert-OH is 1. The zero-order chi connectivity index (χ0) is 15.4. The molecule has 1 aromatic carbocycles. The second-order valence-electron chi connectivity index (χ2n) is 5.02. The lowest BCUT2D eigenvalue weighted by atomic mass is 10.0. The fraction of sp³-hybridized carbons (Fsp3) is 0.438. The molecule has 0 saturated carbocycles. The maximum Gasteiger partial charge on any atom is 0.108 e. The number of aliphatic hydroxyl groups is 1. The van der Waals surface area contributed by atoms with Crippen LogP contribution in [0.25, 0.3) is 0 Å². The molecule has 0 radical (unpaired) electrons. The van der Waals surface area contributed by atoms with E-state index >= 15 is 0 Å². The van der Waals surface area contributed by atoms with Gasteiger partial charge in [0.05, 0.1) is 22.0 Å². The molecule has 2 aromatic rings. The van der Waals surface area contributed by atoms with Gasteiger partial charge in [-0.1, -0.05) is 37.3 Å². The summed E-state index contributed by atoms with van der Waals surface area (Å²) >= 11 is 3.58. The maximum atomic E-state index is 10.6. The summed E-state index contributed by atoms with van der Waals surface area (Å²) in [6.07, 6.45) is 0.362. The van der Waals surface area contributed by atoms with E-state index in [4.69, 9.17) is 4.74 Å². The van der Waals surface area contributed by atoms with Crippen molar-refractivity contribution < 1.29 is 9.84 Å². The number of halogens is 1.